The average Bonchev–Trinajstić information content (AvgIpc) is 2.38. The summed E-state index contributed by atoms with van der Waals surface area (Å²) in [4.78, 5) is 11.1. The van der Waals surface area contributed by atoms with Crippen molar-refractivity contribution >= 4 is 16.0 Å². The number of nitrogens with one attached hydrogen (secondary N) is 1. The molecule has 0 aliphatic rings. The van der Waals surface area contributed by atoms with Gasteiger partial charge in [-0.05, 0) is 30.0 Å². The number of carboxylic acid groups (broad SMARTS) is 1. The van der Waals surface area contributed by atoms with Crippen LogP contribution in [0.2, 0.25) is 0 Å². The number of benzene rings is 1. The number of hydrogen-bond acceptors (Lipinski definition) is 4. The van der Waals surface area contributed by atoms with Gasteiger partial charge >= 0.3 is 5.97 Å². The SMILES string of the molecule is CC(C)CC(NS(=O)(=O)c1ccc(CC#N)cc1)C(=O)O. The van der Waals surface area contributed by atoms with Crippen LogP contribution in [0.15, 0.2) is 29.2 Å². The number of rotatable bonds is 7. The third kappa shape index (κ3) is 5.17. The van der Waals surface area contributed by atoms with E-state index in [9.17, 15) is 13.2 Å². The van der Waals surface area contributed by atoms with Crippen LogP contribution in [0.1, 0.15) is 25.8 Å². The van der Waals surface area contributed by atoms with Gasteiger partial charge in [-0.3, -0.25) is 4.79 Å². The summed E-state index contributed by atoms with van der Waals surface area (Å²) in [6.07, 6.45) is 0.403. The summed E-state index contributed by atoms with van der Waals surface area (Å²) in [5.41, 5.74) is 0.702. The van der Waals surface area contributed by atoms with Crippen LogP contribution in [-0.4, -0.2) is 25.5 Å². The van der Waals surface area contributed by atoms with E-state index < -0.39 is 22.0 Å². The molecule has 0 bridgehead atoms. The van der Waals surface area contributed by atoms with Crippen LogP contribution in [-0.2, 0) is 21.2 Å². The molecule has 2 N–H and O–H groups in total. The molecule has 0 fully saturated rings. The summed E-state index contributed by atoms with van der Waals surface area (Å²) >= 11 is 0. The van der Waals surface area contributed by atoms with Gasteiger partial charge in [-0.25, -0.2) is 8.42 Å². The largest absolute Gasteiger partial charge is 0.480 e. The van der Waals surface area contributed by atoms with Crippen LogP contribution in [0.25, 0.3) is 0 Å². The first kappa shape index (κ1) is 17.1. The van der Waals surface area contributed by atoms with E-state index in [0.29, 0.717) is 5.56 Å². The topological polar surface area (TPSA) is 107 Å². The smallest absolute Gasteiger partial charge is 0.321 e. The lowest BCUT2D eigenvalue weighted by Crippen LogP contribution is -2.41. The highest BCUT2D eigenvalue weighted by atomic mass is 32.2. The van der Waals surface area contributed by atoms with Gasteiger partial charge in [0.1, 0.15) is 6.04 Å². The molecular formula is C14H18N2O4S. The number of carbonyl (C=O) groups is 1. The number of nitrogens with zero attached hydrogens (tertiary/aromatic N) is 1. The maximum Gasteiger partial charge on any atom is 0.321 e. The van der Waals surface area contributed by atoms with E-state index in [-0.39, 0.29) is 23.7 Å². The third-order valence-corrected chi connectivity index (χ3v) is 4.31. The van der Waals surface area contributed by atoms with Crippen LogP contribution in [0.5, 0.6) is 0 Å². The fourth-order valence-corrected chi connectivity index (χ4v) is 3.01. The lowest BCUT2D eigenvalue weighted by atomic mass is 10.1. The van der Waals surface area contributed by atoms with Gasteiger partial charge < -0.3 is 5.11 Å². The van der Waals surface area contributed by atoms with Crippen LogP contribution >= 0.6 is 0 Å². The highest BCUT2D eigenvalue weighted by molar-refractivity contribution is 7.89. The predicted molar refractivity (Wildman–Crippen MR) is 77.0 cm³/mol. The second-order valence-electron chi connectivity index (χ2n) is 5.12. The van der Waals surface area contributed by atoms with Crippen LogP contribution in [0.4, 0.5) is 0 Å². The third-order valence-electron chi connectivity index (χ3n) is 2.82. The second-order valence-corrected chi connectivity index (χ2v) is 6.83. The van der Waals surface area contributed by atoms with E-state index in [1.54, 1.807) is 0 Å². The van der Waals surface area contributed by atoms with E-state index in [4.69, 9.17) is 10.4 Å². The van der Waals surface area contributed by atoms with Crippen molar-refractivity contribution in [3.63, 3.8) is 0 Å². The molecule has 0 aliphatic carbocycles. The predicted octanol–water partition coefficient (Wildman–Crippen LogP) is 1.53. The molecule has 21 heavy (non-hydrogen) atoms. The number of carboxylic acids is 1. The van der Waals surface area contributed by atoms with Crippen LogP contribution < -0.4 is 4.72 Å². The van der Waals surface area contributed by atoms with Crippen molar-refractivity contribution in [3.8, 4) is 6.07 Å². The Morgan fingerprint density at radius 3 is 2.33 bits per heavy atom. The molecule has 1 aromatic rings. The van der Waals surface area contributed by atoms with Crippen molar-refractivity contribution in [1.29, 1.82) is 5.26 Å². The molecule has 7 heteroatoms. The molecule has 0 saturated carbocycles. The lowest BCUT2D eigenvalue weighted by molar-refractivity contribution is -0.139. The van der Waals surface area contributed by atoms with Gasteiger partial charge in [-0.2, -0.15) is 9.98 Å². The fraction of sp³-hybridized carbons (Fsp3) is 0.429. The zero-order valence-corrected chi connectivity index (χ0v) is 12.7. The Morgan fingerprint density at radius 1 is 1.33 bits per heavy atom. The summed E-state index contributed by atoms with van der Waals surface area (Å²) in [6.45, 7) is 3.64. The van der Waals surface area contributed by atoms with E-state index in [1.165, 1.54) is 24.3 Å². The van der Waals surface area contributed by atoms with E-state index >= 15 is 0 Å². The molecular weight excluding hydrogens is 292 g/mol. The molecule has 1 unspecified atom stereocenters. The molecule has 114 valence electrons. The van der Waals surface area contributed by atoms with E-state index in [2.05, 4.69) is 4.72 Å². The fourth-order valence-electron chi connectivity index (χ4n) is 1.80. The normalized spacial score (nSPS) is 12.9. The molecule has 1 rings (SSSR count). The minimum atomic E-state index is -3.90. The summed E-state index contributed by atoms with van der Waals surface area (Å²) in [7, 11) is -3.90. The second kappa shape index (κ2) is 7.20. The molecule has 0 radical (unpaired) electrons. The standard InChI is InChI=1S/C14H18N2O4S/c1-10(2)9-13(14(17)18)16-21(19,20)12-5-3-11(4-6-12)7-8-15/h3-6,10,13,16H,7,9H2,1-2H3,(H,17,18). The quantitative estimate of drug-likeness (QED) is 0.794. The van der Waals surface area contributed by atoms with Crippen molar-refractivity contribution in [1.82, 2.24) is 4.72 Å². The number of aliphatic carboxylic acids is 1. The molecule has 0 spiro atoms. The minimum absolute atomic E-state index is 0.0146. The van der Waals surface area contributed by atoms with Crippen molar-refractivity contribution in [2.75, 3.05) is 0 Å². The Hall–Kier alpha value is -1.91. The maximum absolute atomic E-state index is 12.2. The number of sulfonamides is 1. The highest BCUT2D eigenvalue weighted by Crippen LogP contribution is 2.14. The summed E-state index contributed by atoms with van der Waals surface area (Å²) in [5, 5.41) is 17.7. The van der Waals surface area contributed by atoms with Gasteiger partial charge in [0.2, 0.25) is 10.0 Å². The van der Waals surface area contributed by atoms with Crippen LogP contribution in [0, 0.1) is 17.2 Å². The van der Waals surface area contributed by atoms with Gasteiger partial charge in [0, 0.05) is 0 Å². The monoisotopic (exact) mass is 310 g/mol. The van der Waals surface area contributed by atoms with Crippen molar-refractivity contribution in [2.24, 2.45) is 5.92 Å². The van der Waals surface area contributed by atoms with Crippen molar-refractivity contribution < 1.29 is 18.3 Å². The van der Waals surface area contributed by atoms with Crippen molar-refractivity contribution in [2.45, 2.75) is 37.6 Å². The summed E-state index contributed by atoms with van der Waals surface area (Å²) in [6, 6.07) is 6.61. The molecule has 1 aromatic carbocycles. The number of nitriles is 1. The minimum Gasteiger partial charge on any atom is -0.480 e. The van der Waals surface area contributed by atoms with Crippen LogP contribution in [0.3, 0.4) is 0 Å². The Labute approximate surface area is 124 Å². The first-order chi connectivity index (χ1) is 9.76. The van der Waals surface area contributed by atoms with Gasteiger partial charge in [-0.1, -0.05) is 26.0 Å². The molecule has 0 heterocycles. The first-order valence-corrected chi connectivity index (χ1v) is 7.95. The van der Waals surface area contributed by atoms with Gasteiger partial charge in [0.15, 0.2) is 0 Å². The lowest BCUT2D eigenvalue weighted by Gasteiger charge is -2.16. The van der Waals surface area contributed by atoms with Gasteiger partial charge in [-0.15, -0.1) is 0 Å². The molecule has 0 aliphatic heterocycles. The molecule has 0 saturated heterocycles. The summed E-state index contributed by atoms with van der Waals surface area (Å²) in [5.74, 6) is -1.15. The Bertz CT molecular complexity index is 630. The van der Waals surface area contributed by atoms with Crippen molar-refractivity contribution in [3.05, 3.63) is 29.8 Å². The zero-order valence-electron chi connectivity index (χ0n) is 11.9. The molecule has 0 amide bonds. The Kier molecular flexibility index (Phi) is 5.88. The zero-order chi connectivity index (χ0) is 16.0. The highest BCUT2D eigenvalue weighted by Gasteiger charge is 2.25. The molecule has 1 atom stereocenters. The maximum atomic E-state index is 12.2. The Morgan fingerprint density at radius 2 is 1.90 bits per heavy atom. The van der Waals surface area contributed by atoms with E-state index in [0.717, 1.165) is 0 Å². The van der Waals surface area contributed by atoms with E-state index in [1.807, 2.05) is 19.9 Å². The first-order valence-electron chi connectivity index (χ1n) is 6.47. The molecule has 6 nitrogen and oxygen atoms in total. The summed E-state index contributed by atoms with van der Waals surface area (Å²) < 4.78 is 26.5. The molecule has 0 aromatic heterocycles. The Balaban J connectivity index is 2.94. The number of hydrogen-bond donors (Lipinski definition) is 2. The van der Waals surface area contributed by atoms with Gasteiger partial charge in [0.05, 0.1) is 17.4 Å². The average molecular weight is 310 g/mol. The van der Waals surface area contributed by atoms with Gasteiger partial charge in [0.25, 0.3) is 0 Å².